The highest BCUT2D eigenvalue weighted by Crippen LogP contribution is 2.37. The molecule has 0 fully saturated rings. The molecular formula is C20H13ClF3N3O2. The summed E-state index contributed by atoms with van der Waals surface area (Å²) in [6.45, 7) is 8.62. The van der Waals surface area contributed by atoms with E-state index in [4.69, 9.17) is 22.9 Å². The first-order valence-corrected chi connectivity index (χ1v) is 8.67. The molecule has 0 saturated heterocycles. The number of aromatic amines is 1. The molecule has 3 aromatic rings. The van der Waals surface area contributed by atoms with Crippen LogP contribution in [-0.2, 0) is 6.42 Å². The Balaban J connectivity index is 1.97. The third-order valence-electron chi connectivity index (χ3n) is 4.06. The fourth-order valence-electron chi connectivity index (χ4n) is 2.62. The molecule has 0 saturated carbocycles. The van der Waals surface area contributed by atoms with Gasteiger partial charge in [0.15, 0.2) is 17.3 Å². The predicted molar refractivity (Wildman–Crippen MR) is 102 cm³/mol. The minimum Gasteiger partial charge on any atom is -0.454 e. The van der Waals surface area contributed by atoms with E-state index < -0.39 is 17.8 Å². The summed E-state index contributed by atoms with van der Waals surface area (Å²) in [5.74, 6) is -1.28. The maximum Gasteiger partial charge on any atom is 0.267 e. The molecule has 0 spiro atoms. The summed E-state index contributed by atoms with van der Waals surface area (Å²) in [7, 11) is 0. The second kappa shape index (κ2) is 8.37. The van der Waals surface area contributed by atoms with Gasteiger partial charge in [0.1, 0.15) is 5.75 Å². The topological polar surface area (TPSA) is 59.3 Å². The molecule has 1 aromatic heterocycles. The van der Waals surface area contributed by atoms with Crippen LogP contribution in [0.2, 0.25) is 5.02 Å². The van der Waals surface area contributed by atoms with Gasteiger partial charge in [0.2, 0.25) is 0 Å². The summed E-state index contributed by atoms with van der Waals surface area (Å²) in [6.07, 6.45) is -2.78. The fraction of sp³-hybridized carbons (Fsp3) is 0.150. The van der Waals surface area contributed by atoms with Crippen molar-refractivity contribution in [3.05, 3.63) is 91.4 Å². The molecule has 0 bridgehead atoms. The van der Waals surface area contributed by atoms with Crippen LogP contribution in [0.4, 0.5) is 18.9 Å². The lowest BCUT2D eigenvalue weighted by Gasteiger charge is -2.13. The highest BCUT2D eigenvalue weighted by atomic mass is 35.5. The molecule has 0 amide bonds. The number of H-pyrrole nitrogens is 1. The number of aryl methyl sites for hydroxylation is 1. The third-order valence-corrected chi connectivity index (χ3v) is 4.36. The predicted octanol–water partition coefficient (Wildman–Crippen LogP) is 5.74. The van der Waals surface area contributed by atoms with Crippen LogP contribution in [0.5, 0.6) is 11.5 Å². The number of nitrogens with zero attached hydrogens (tertiary/aromatic N) is 2. The molecule has 3 rings (SSSR count). The van der Waals surface area contributed by atoms with Gasteiger partial charge in [0.05, 0.1) is 17.3 Å². The summed E-state index contributed by atoms with van der Waals surface area (Å²) >= 11 is 6.04. The van der Waals surface area contributed by atoms with Gasteiger partial charge in [0, 0.05) is 17.5 Å². The van der Waals surface area contributed by atoms with E-state index in [0.717, 1.165) is 12.1 Å². The minimum atomic E-state index is -2.82. The highest BCUT2D eigenvalue weighted by molar-refractivity contribution is 6.32. The van der Waals surface area contributed by atoms with Crippen LogP contribution >= 0.6 is 11.6 Å². The second-order valence-corrected chi connectivity index (χ2v) is 6.58. The molecular weight excluding hydrogens is 407 g/mol. The average Bonchev–Trinajstić information content (AvgIpc) is 2.69. The van der Waals surface area contributed by atoms with E-state index in [1.165, 1.54) is 24.3 Å². The van der Waals surface area contributed by atoms with Crippen molar-refractivity contribution in [2.24, 2.45) is 0 Å². The lowest BCUT2D eigenvalue weighted by atomic mass is 10.1. The Hall–Kier alpha value is -3.31. The molecule has 0 unspecified atom stereocenters. The van der Waals surface area contributed by atoms with E-state index in [-0.39, 0.29) is 39.8 Å². The smallest absolute Gasteiger partial charge is 0.267 e. The van der Waals surface area contributed by atoms with Gasteiger partial charge in [-0.25, -0.2) is 23.1 Å². The number of halogens is 4. The van der Waals surface area contributed by atoms with Crippen molar-refractivity contribution in [3.8, 4) is 11.5 Å². The number of nitrogens with one attached hydrogen (secondary N) is 1. The van der Waals surface area contributed by atoms with Crippen molar-refractivity contribution >= 4 is 17.3 Å². The molecule has 9 heteroatoms. The van der Waals surface area contributed by atoms with Crippen molar-refractivity contribution in [1.82, 2.24) is 10.2 Å². The van der Waals surface area contributed by atoms with E-state index in [1.54, 1.807) is 6.92 Å². The Kier molecular flexibility index (Phi) is 5.89. The van der Waals surface area contributed by atoms with Gasteiger partial charge in [-0.1, -0.05) is 17.7 Å². The molecule has 148 valence electrons. The zero-order valence-corrected chi connectivity index (χ0v) is 15.7. The van der Waals surface area contributed by atoms with Crippen molar-refractivity contribution < 1.29 is 17.9 Å². The van der Waals surface area contributed by atoms with Crippen LogP contribution in [0.1, 0.15) is 28.8 Å². The SMILES string of the molecule is [C-]#[N+]c1cc(Oc2c(Cl)ccc(Cc3cc(C)c(=O)[nH]n3)c2F)cc(C(F)F)c1. The molecule has 29 heavy (non-hydrogen) atoms. The normalized spacial score (nSPS) is 10.8. The molecule has 1 N–H and O–H groups in total. The van der Waals surface area contributed by atoms with Crippen LogP contribution < -0.4 is 10.3 Å². The molecule has 2 aromatic carbocycles. The Morgan fingerprint density at radius 3 is 2.69 bits per heavy atom. The van der Waals surface area contributed by atoms with Gasteiger partial charge in [-0.15, -0.1) is 0 Å². The van der Waals surface area contributed by atoms with Gasteiger partial charge < -0.3 is 4.74 Å². The molecule has 0 radical (unpaired) electrons. The first-order valence-electron chi connectivity index (χ1n) is 8.29. The third kappa shape index (κ3) is 4.58. The van der Waals surface area contributed by atoms with Gasteiger partial charge in [-0.3, -0.25) is 4.79 Å². The summed E-state index contributed by atoms with van der Waals surface area (Å²) in [5.41, 5.74) is 0.190. The maximum absolute atomic E-state index is 15.0. The van der Waals surface area contributed by atoms with Crippen molar-refractivity contribution in [3.63, 3.8) is 0 Å². The Morgan fingerprint density at radius 1 is 1.28 bits per heavy atom. The lowest BCUT2D eigenvalue weighted by molar-refractivity contribution is 0.151. The number of hydrogen-bond acceptors (Lipinski definition) is 3. The second-order valence-electron chi connectivity index (χ2n) is 6.17. The Labute approximate surface area is 168 Å². The average molecular weight is 420 g/mol. The van der Waals surface area contributed by atoms with Crippen LogP contribution in [0.3, 0.4) is 0 Å². The zero-order valence-electron chi connectivity index (χ0n) is 15.0. The van der Waals surface area contributed by atoms with Gasteiger partial charge in [-0.2, -0.15) is 5.10 Å². The molecule has 0 aliphatic heterocycles. The Bertz CT molecular complexity index is 1170. The molecule has 0 aliphatic carbocycles. The Morgan fingerprint density at radius 2 is 2.03 bits per heavy atom. The van der Waals surface area contributed by atoms with Crippen molar-refractivity contribution in [2.75, 3.05) is 0 Å². The molecule has 0 aliphatic rings. The van der Waals surface area contributed by atoms with Gasteiger partial charge in [0.25, 0.3) is 12.0 Å². The van der Waals surface area contributed by atoms with E-state index in [1.807, 2.05) is 0 Å². The maximum atomic E-state index is 15.0. The van der Waals surface area contributed by atoms with E-state index in [9.17, 15) is 13.6 Å². The number of alkyl halides is 2. The number of benzene rings is 2. The highest BCUT2D eigenvalue weighted by Gasteiger charge is 2.18. The van der Waals surface area contributed by atoms with Crippen LogP contribution in [0.25, 0.3) is 4.85 Å². The largest absolute Gasteiger partial charge is 0.454 e. The molecule has 1 heterocycles. The standard InChI is InChI=1S/C20H13ClF3N3O2/c1-10-5-14(26-27-20(10)28)6-11-3-4-16(21)18(17(11)22)29-15-8-12(19(23)24)7-13(9-15)25-2/h3-5,7-9,19H,6H2,1H3,(H,27,28). The van der Waals surface area contributed by atoms with Crippen LogP contribution in [0.15, 0.2) is 41.2 Å². The molecule has 0 atom stereocenters. The fourth-order valence-corrected chi connectivity index (χ4v) is 2.81. The number of hydrogen-bond donors (Lipinski definition) is 1. The first-order chi connectivity index (χ1) is 13.8. The van der Waals surface area contributed by atoms with E-state index >= 15 is 4.39 Å². The van der Waals surface area contributed by atoms with Crippen LogP contribution in [-0.4, -0.2) is 10.2 Å². The van der Waals surface area contributed by atoms with E-state index in [2.05, 4.69) is 15.0 Å². The van der Waals surface area contributed by atoms with Gasteiger partial charge >= 0.3 is 0 Å². The minimum absolute atomic E-state index is 0.0430. The van der Waals surface area contributed by atoms with Crippen LogP contribution in [0, 0.1) is 19.3 Å². The number of aromatic nitrogens is 2. The van der Waals surface area contributed by atoms with Crippen molar-refractivity contribution in [2.45, 2.75) is 19.8 Å². The summed E-state index contributed by atoms with van der Waals surface area (Å²) in [6, 6.07) is 7.64. The summed E-state index contributed by atoms with van der Waals surface area (Å²) < 4.78 is 46.5. The van der Waals surface area contributed by atoms with Crippen molar-refractivity contribution in [1.29, 1.82) is 0 Å². The quantitative estimate of drug-likeness (QED) is 0.536. The monoisotopic (exact) mass is 419 g/mol. The summed E-state index contributed by atoms with van der Waals surface area (Å²) in [5, 5.41) is 6.12. The zero-order chi connectivity index (χ0) is 21.1. The first kappa shape index (κ1) is 20.4. The molecule has 5 nitrogen and oxygen atoms in total. The number of ether oxygens (including phenoxy) is 1. The lowest BCUT2D eigenvalue weighted by Crippen LogP contribution is -2.13. The van der Waals surface area contributed by atoms with E-state index in [0.29, 0.717) is 11.3 Å². The number of rotatable bonds is 5. The van der Waals surface area contributed by atoms with Gasteiger partial charge in [-0.05, 0) is 42.8 Å². The summed E-state index contributed by atoms with van der Waals surface area (Å²) in [4.78, 5) is 14.5.